The molecule has 4 rings (SSSR count). The summed E-state index contributed by atoms with van der Waals surface area (Å²) in [6.45, 7) is 2.03. The number of ether oxygens (including phenoxy) is 1. The maximum atomic E-state index is 12.3. The first-order valence-electron chi connectivity index (χ1n) is 10.5. The van der Waals surface area contributed by atoms with Crippen LogP contribution in [0.3, 0.4) is 0 Å². The highest BCUT2D eigenvalue weighted by Crippen LogP contribution is 2.29. The second-order valence-electron chi connectivity index (χ2n) is 7.18. The molecule has 9 heteroatoms. The Hall–Kier alpha value is -4.11. The number of rotatable bonds is 9. The fourth-order valence-electron chi connectivity index (χ4n) is 3.06. The van der Waals surface area contributed by atoms with Crippen molar-refractivity contribution in [2.24, 2.45) is 5.10 Å². The van der Waals surface area contributed by atoms with Gasteiger partial charge in [-0.2, -0.15) is 5.10 Å². The van der Waals surface area contributed by atoms with Crippen LogP contribution in [0.2, 0.25) is 0 Å². The number of hydrazone groups is 1. The van der Waals surface area contributed by atoms with Gasteiger partial charge < -0.3 is 9.15 Å². The number of hydrogen-bond acceptors (Lipinski definition) is 7. The van der Waals surface area contributed by atoms with Gasteiger partial charge in [-0.1, -0.05) is 41.6 Å². The van der Waals surface area contributed by atoms with Crippen LogP contribution in [0.25, 0.3) is 23.2 Å². The number of methoxy groups -OCH3 is 1. The van der Waals surface area contributed by atoms with Crippen molar-refractivity contribution in [3.63, 3.8) is 0 Å². The van der Waals surface area contributed by atoms with Crippen LogP contribution in [0.4, 0.5) is 0 Å². The van der Waals surface area contributed by atoms with Crippen LogP contribution in [-0.4, -0.2) is 39.7 Å². The van der Waals surface area contributed by atoms with E-state index in [0.29, 0.717) is 16.7 Å². The van der Waals surface area contributed by atoms with E-state index in [1.54, 1.807) is 31.6 Å². The third-order valence-corrected chi connectivity index (χ3v) is 5.69. The molecule has 8 nitrogen and oxygen atoms in total. The monoisotopic (exact) mass is 473 g/mol. The van der Waals surface area contributed by atoms with Crippen molar-refractivity contribution in [1.82, 2.24) is 20.2 Å². The molecule has 0 aliphatic carbocycles. The summed E-state index contributed by atoms with van der Waals surface area (Å²) in [4.78, 5) is 12.3. The van der Waals surface area contributed by atoms with Crippen LogP contribution in [-0.2, 0) is 4.79 Å². The quantitative estimate of drug-likeness (QED) is 0.214. The number of carbonyl (C=O) groups is 1. The molecule has 2 heterocycles. The Kier molecular flexibility index (Phi) is 7.56. The van der Waals surface area contributed by atoms with Crippen LogP contribution in [0.15, 0.2) is 87.7 Å². The molecule has 34 heavy (non-hydrogen) atoms. The van der Waals surface area contributed by atoms with E-state index in [4.69, 9.17) is 9.15 Å². The Labute approximate surface area is 201 Å². The molecule has 0 spiro atoms. The number of aromatic nitrogens is 3. The van der Waals surface area contributed by atoms with Crippen molar-refractivity contribution >= 4 is 30.0 Å². The minimum atomic E-state index is -0.256. The predicted molar refractivity (Wildman–Crippen MR) is 133 cm³/mol. The van der Waals surface area contributed by atoms with E-state index in [2.05, 4.69) is 20.7 Å². The number of hydrogen-bond donors (Lipinski definition) is 1. The van der Waals surface area contributed by atoms with Crippen molar-refractivity contribution in [1.29, 1.82) is 0 Å². The van der Waals surface area contributed by atoms with Crippen LogP contribution < -0.4 is 10.2 Å². The van der Waals surface area contributed by atoms with Gasteiger partial charge in [0, 0.05) is 17.5 Å². The molecule has 2 aromatic heterocycles. The van der Waals surface area contributed by atoms with E-state index in [1.807, 2.05) is 66.1 Å². The van der Waals surface area contributed by atoms with Crippen LogP contribution >= 0.6 is 11.8 Å². The highest BCUT2D eigenvalue weighted by molar-refractivity contribution is 7.99. The van der Waals surface area contributed by atoms with Gasteiger partial charge in [0.2, 0.25) is 0 Å². The average Bonchev–Trinajstić information content (AvgIpc) is 3.53. The number of aryl methyl sites for hydroxylation is 1. The third-order valence-electron chi connectivity index (χ3n) is 4.76. The zero-order valence-corrected chi connectivity index (χ0v) is 19.5. The summed E-state index contributed by atoms with van der Waals surface area (Å²) >= 11 is 1.28. The molecule has 0 fully saturated rings. The van der Waals surface area contributed by atoms with Gasteiger partial charge in [-0.15, -0.1) is 10.2 Å². The Balaban J connectivity index is 1.48. The molecular weight excluding hydrogens is 450 g/mol. The van der Waals surface area contributed by atoms with E-state index < -0.39 is 0 Å². The first-order chi connectivity index (χ1) is 16.6. The first kappa shape index (κ1) is 23.1. The summed E-state index contributed by atoms with van der Waals surface area (Å²) in [7, 11) is 1.63. The molecule has 4 aromatic rings. The van der Waals surface area contributed by atoms with E-state index in [0.717, 1.165) is 22.6 Å². The van der Waals surface area contributed by atoms with Gasteiger partial charge in [-0.05, 0) is 55.5 Å². The van der Waals surface area contributed by atoms with Crippen LogP contribution in [0, 0.1) is 6.92 Å². The molecule has 0 aliphatic heterocycles. The second kappa shape index (κ2) is 11.2. The molecule has 0 saturated heterocycles. The van der Waals surface area contributed by atoms with E-state index in [-0.39, 0.29) is 11.7 Å². The smallest absolute Gasteiger partial charge is 0.250 e. The first-order valence-corrected chi connectivity index (χ1v) is 11.4. The van der Waals surface area contributed by atoms with E-state index in [9.17, 15) is 4.79 Å². The fraction of sp³-hybridized carbons (Fsp3) is 0.120. The van der Waals surface area contributed by atoms with Gasteiger partial charge in [-0.3, -0.25) is 9.36 Å². The molecular formula is C25H23N5O3S. The topological polar surface area (TPSA) is 94.5 Å². The molecule has 0 saturated carbocycles. The lowest BCUT2D eigenvalue weighted by Gasteiger charge is -2.11. The second-order valence-corrected chi connectivity index (χ2v) is 8.12. The number of allylic oxidation sites excluding steroid dienone is 1. The number of nitrogens with one attached hydrogen (secondary N) is 1. The Bertz CT molecular complexity index is 1280. The van der Waals surface area contributed by atoms with Crippen LogP contribution in [0.5, 0.6) is 5.75 Å². The largest absolute Gasteiger partial charge is 0.497 e. The molecule has 0 atom stereocenters. The number of furan rings is 1. The zero-order chi connectivity index (χ0) is 23.8. The van der Waals surface area contributed by atoms with Crippen LogP contribution in [0.1, 0.15) is 11.3 Å². The van der Waals surface area contributed by atoms with Gasteiger partial charge in [0.05, 0.1) is 19.1 Å². The Morgan fingerprint density at radius 2 is 1.94 bits per heavy atom. The maximum absolute atomic E-state index is 12.3. The summed E-state index contributed by atoms with van der Waals surface area (Å²) in [6, 6.07) is 19.3. The summed E-state index contributed by atoms with van der Waals surface area (Å²) < 4.78 is 12.4. The van der Waals surface area contributed by atoms with Gasteiger partial charge in [0.25, 0.3) is 5.91 Å². The number of carbonyl (C=O) groups excluding carboxylic acids is 1. The number of thioether (sulfide) groups is 1. The Morgan fingerprint density at radius 1 is 1.15 bits per heavy atom. The molecule has 2 aromatic carbocycles. The van der Waals surface area contributed by atoms with Crippen molar-refractivity contribution in [3.8, 4) is 22.8 Å². The molecule has 0 bridgehead atoms. The number of benzene rings is 2. The van der Waals surface area contributed by atoms with Gasteiger partial charge in [-0.25, -0.2) is 5.43 Å². The van der Waals surface area contributed by atoms with E-state index in [1.165, 1.54) is 18.0 Å². The molecule has 1 N–H and O–H groups in total. The molecule has 0 unspecified atom stereocenters. The molecule has 1 amide bonds. The lowest BCUT2D eigenvalue weighted by molar-refractivity contribution is -0.118. The molecule has 0 aliphatic rings. The summed E-state index contributed by atoms with van der Waals surface area (Å²) in [6.07, 6.45) is 6.50. The molecule has 0 radical (unpaired) electrons. The summed E-state index contributed by atoms with van der Waals surface area (Å²) in [5, 5.41) is 13.3. The van der Waals surface area contributed by atoms with Crippen molar-refractivity contribution in [2.45, 2.75) is 12.1 Å². The predicted octanol–water partition coefficient (Wildman–Crippen LogP) is 4.75. The maximum Gasteiger partial charge on any atom is 0.250 e. The average molecular weight is 474 g/mol. The number of nitrogens with zero attached hydrogens (tertiary/aromatic N) is 4. The van der Waals surface area contributed by atoms with Crippen molar-refractivity contribution in [2.75, 3.05) is 12.9 Å². The summed E-state index contributed by atoms with van der Waals surface area (Å²) in [5.74, 6) is 2.02. The normalized spacial score (nSPS) is 11.4. The lowest BCUT2D eigenvalue weighted by atomic mass is 10.1. The highest BCUT2D eigenvalue weighted by atomic mass is 32.2. The van der Waals surface area contributed by atoms with Crippen molar-refractivity contribution < 1.29 is 13.9 Å². The van der Waals surface area contributed by atoms with Gasteiger partial charge in [0.15, 0.2) is 11.0 Å². The fourth-order valence-corrected chi connectivity index (χ4v) is 3.80. The minimum Gasteiger partial charge on any atom is -0.497 e. The number of amides is 1. The minimum absolute atomic E-state index is 0.126. The zero-order valence-electron chi connectivity index (χ0n) is 18.7. The summed E-state index contributed by atoms with van der Waals surface area (Å²) in [5.41, 5.74) is 5.46. The molecule has 172 valence electrons. The van der Waals surface area contributed by atoms with Gasteiger partial charge in [0.1, 0.15) is 11.5 Å². The van der Waals surface area contributed by atoms with Gasteiger partial charge >= 0.3 is 0 Å². The Morgan fingerprint density at radius 3 is 2.65 bits per heavy atom. The highest BCUT2D eigenvalue weighted by Gasteiger charge is 2.17. The standard InChI is InChI=1S/C25H23N5O3S/c1-18-7-9-19(10-8-18)24-28-29-25(30(24)20-11-13-21(32-2)14-12-20)34-17-23(31)27-26-15-3-5-22-6-4-16-33-22/h3-16H,17H2,1-2H3,(H,27,31)/b5-3-,26-15-. The van der Waals surface area contributed by atoms with Crippen molar-refractivity contribution in [3.05, 3.63) is 84.3 Å². The lowest BCUT2D eigenvalue weighted by Crippen LogP contribution is -2.19. The SMILES string of the molecule is COc1ccc(-n2c(SCC(=O)N/N=C\C=C/c3ccco3)nnc2-c2ccc(C)cc2)cc1. The van der Waals surface area contributed by atoms with E-state index >= 15 is 0 Å². The third kappa shape index (κ3) is 5.81.